The maximum atomic E-state index is 12.9. The van der Waals surface area contributed by atoms with Gasteiger partial charge in [-0.1, -0.05) is 6.92 Å². The van der Waals surface area contributed by atoms with Crippen LogP contribution in [-0.2, 0) is 9.53 Å². The number of aromatic nitrogens is 1. The Morgan fingerprint density at radius 2 is 1.94 bits per heavy atom. The molecule has 3 rings (SSSR count). The normalized spacial score (nSPS) is 17.5. The van der Waals surface area contributed by atoms with Crippen molar-refractivity contribution in [3.05, 3.63) is 53.9 Å². The van der Waals surface area contributed by atoms with E-state index >= 15 is 0 Å². The Bertz CT molecular complexity index is 998. The average Bonchev–Trinajstić information content (AvgIpc) is 3.01. The van der Waals surface area contributed by atoms with E-state index in [4.69, 9.17) is 4.74 Å². The molecule has 0 radical (unpaired) electrons. The van der Waals surface area contributed by atoms with Crippen LogP contribution in [0.2, 0.25) is 0 Å². The number of anilines is 1. The zero-order valence-corrected chi connectivity index (χ0v) is 17.3. The molecule has 1 fully saturated rings. The molecule has 2 aromatic rings. The van der Waals surface area contributed by atoms with Gasteiger partial charge in [0.2, 0.25) is 0 Å². The minimum atomic E-state index is -4.43. The highest BCUT2D eigenvalue weighted by atomic mass is 32.2. The number of ether oxygens (including phenoxy) is 1. The molecule has 164 valence electrons. The van der Waals surface area contributed by atoms with Crippen molar-refractivity contribution in [3.8, 4) is 0 Å². The van der Waals surface area contributed by atoms with E-state index in [2.05, 4.69) is 10.3 Å². The highest BCUT2D eigenvalue weighted by Crippen LogP contribution is 2.37. The van der Waals surface area contributed by atoms with Gasteiger partial charge in [-0.3, -0.25) is 4.79 Å². The number of pyridine rings is 1. The van der Waals surface area contributed by atoms with Crippen molar-refractivity contribution in [2.24, 2.45) is 0 Å². The van der Waals surface area contributed by atoms with Crippen LogP contribution in [0.25, 0.3) is 0 Å². The number of nitrogens with zero attached hydrogens (tertiary/aromatic N) is 2. The smallest absolute Gasteiger partial charge is 0.446 e. The Morgan fingerprint density at radius 3 is 2.55 bits per heavy atom. The van der Waals surface area contributed by atoms with Crippen molar-refractivity contribution in [2.45, 2.75) is 36.2 Å². The molecule has 1 aromatic carbocycles. The van der Waals surface area contributed by atoms with Gasteiger partial charge in [-0.05, 0) is 60.6 Å². The number of imide groups is 1. The third-order valence-electron chi connectivity index (χ3n) is 4.59. The van der Waals surface area contributed by atoms with Gasteiger partial charge in [0.1, 0.15) is 11.7 Å². The molecule has 0 aliphatic carbocycles. The topological polar surface area (TPSA) is 88.6 Å². The Balaban J connectivity index is 1.78. The van der Waals surface area contributed by atoms with Gasteiger partial charge >= 0.3 is 17.5 Å². The molecule has 1 aliphatic rings. The number of alkyl halides is 3. The molecule has 2 heterocycles. The van der Waals surface area contributed by atoms with E-state index in [1.807, 2.05) is 0 Å². The van der Waals surface area contributed by atoms with E-state index in [0.717, 1.165) is 4.90 Å². The van der Waals surface area contributed by atoms with Crippen LogP contribution < -0.4 is 10.2 Å². The molecule has 11 heteroatoms. The SMILES string of the molecule is CCOC(=O)c1cc(C(C)C2NC(=O)N(c3ccc(SC(F)(F)F)cc3)C2=O)ccn1. The summed E-state index contributed by atoms with van der Waals surface area (Å²) in [5, 5.41) is 2.59. The lowest BCUT2D eigenvalue weighted by Crippen LogP contribution is -2.35. The second-order valence-corrected chi connectivity index (χ2v) is 7.76. The Morgan fingerprint density at radius 1 is 1.26 bits per heavy atom. The molecule has 1 aromatic heterocycles. The lowest BCUT2D eigenvalue weighted by Gasteiger charge is -2.19. The number of hydrogen-bond acceptors (Lipinski definition) is 6. The molecule has 0 spiro atoms. The summed E-state index contributed by atoms with van der Waals surface area (Å²) < 4.78 is 42.4. The third-order valence-corrected chi connectivity index (χ3v) is 5.33. The molecule has 0 bridgehead atoms. The van der Waals surface area contributed by atoms with E-state index in [1.54, 1.807) is 19.9 Å². The van der Waals surface area contributed by atoms with Crippen molar-refractivity contribution in [3.63, 3.8) is 0 Å². The van der Waals surface area contributed by atoms with Gasteiger partial charge in [0, 0.05) is 17.0 Å². The summed E-state index contributed by atoms with van der Waals surface area (Å²) in [6.07, 6.45) is 1.41. The fourth-order valence-electron chi connectivity index (χ4n) is 3.12. The van der Waals surface area contributed by atoms with Crippen molar-refractivity contribution >= 4 is 35.4 Å². The van der Waals surface area contributed by atoms with Crippen LogP contribution in [0.15, 0.2) is 47.5 Å². The summed E-state index contributed by atoms with van der Waals surface area (Å²) in [7, 11) is 0. The molecule has 1 aliphatic heterocycles. The van der Waals surface area contributed by atoms with Crippen LogP contribution in [0.5, 0.6) is 0 Å². The van der Waals surface area contributed by atoms with Crippen LogP contribution in [-0.4, -0.2) is 41.0 Å². The number of carbonyl (C=O) groups excluding carboxylic acids is 3. The lowest BCUT2D eigenvalue weighted by atomic mass is 9.93. The molecule has 3 amide bonds. The number of esters is 1. The quantitative estimate of drug-likeness (QED) is 0.403. The minimum Gasteiger partial charge on any atom is -0.461 e. The Labute approximate surface area is 180 Å². The molecule has 1 N–H and O–H groups in total. The second-order valence-electron chi connectivity index (χ2n) is 6.63. The first-order valence-corrected chi connectivity index (χ1v) is 10.1. The third kappa shape index (κ3) is 5.16. The maximum Gasteiger partial charge on any atom is 0.446 e. The predicted molar refractivity (Wildman–Crippen MR) is 107 cm³/mol. The van der Waals surface area contributed by atoms with Crippen LogP contribution in [0.1, 0.15) is 35.8 Å². The number of urea groups is 1. The zero-order valence-electron chi connectivity index (χ0n) is 16.5. The zero-order chi connectivity index (χ0) is 22.8. The highest BCUT2D eigenvalue weighted by molar-refractivity contribution is 8.00. The van der Waals surface area contributed by atoms with Crippen LogP contribution in [0, 0.1) is 0 Å². The van der Waals surface area contributed by atoms with E-state index in [-0.39, 0.29) is 34.6 Å². The molecule has 0 saturated carbocycles. The van der Waals surface area contributed by atoms with Gasteiger partial charge in [0.15, 0.2) is 0 Å². The number of rotatable bonds is 6. The first-order chi connectivity index (χ1) is 14.6. The van der Waals surface area contributed by atoms with Crippen LogP contribution >= 0.6 is 11.8 Å². The van der Waals surface area contributed by atoms with E-state index < -0.39 is 35.4 Å². The standard InChI is InChI=1S/C20H18F3N3O4S/c1-3-30-18(28)15-10-12(8-9-24-15)11(2)16-17(27)26(19(29)25-16)13-4-6-14(7-5-13)31-20(21,22)23/h4-11,16H,3H2,1-2H3,(H,25,29). The first kappa shape index (κ1) is 22.6. The summed E-state index contributed by atoms with van der Waals surface area (Å²) in [6.45, 7) is 3.56. The van der Waals surface area contributed by atoms with E-state index in [0.29, 0.717) is 5.56 Å². The lowest BCUT2D eigenvalue weighted by molar-refractivity contribution is -0.118. The van der Waals surface area contributed by atoms with Crippen molar-refractivity contribution in [1.82, 2.24) is 10.3 Å². The number of amides is 3. The molecule has 2 atom stereocenters. The molecule has 7 nitrogen and oxygen atoms in total. The van der Waals surface area contributed by atoms with Crippen molar-refractivity contribution in [2.75, 3.05) is 11.5 Å². The molecule has 31 heavy (non-hydrogen) atoms. The predicted octanol–water partition coefficient (Wildman–Crippen LogP) is 4.10. The molecule has 2 unspecified atom stereocenters. The number of benzene rings is 1. The Kier molecular flexibility index (Phi) is 6.54. The fourth-order valence-corrected chi connectivity index (χ4v) is 3.66. The number of halogens is 3. The summed E-state index contributed by atoms with van der Waals surface area (Å²) in [5.74, 6) is -1.65. The van der Waals surface area contributed by atoms with Crippen molar-refractivity contribution < 1.29 is 32.3 Å². The highest BCUT2D eigenvalue weighted by Gasteiger charge is 2.42. The van der Waals surface area contributed by atoms with E-state index in [9.17, 15) is 27.6 Å². The molecule has 1 saturated heterocycles. The average molecular weight is 453 g/mol. The van der Waals surface area contributed by atoms with E-state index in [1.165, 1.54) is 36.5 Å². The number of nitrogens with one attached hydrogen (secondary N) is 1. The molecular weight excluding hydrogens is 435 g/mol. The van der Waals surface area contributed by atoms with Gasteiger partial charge in [-0.2, -0.15) is 13.2 Å². The monoisotopic (exact) mass is 453 g/mol. The van der Waals surface area contributed by atoms with Gasteiger partial charge in [0.25, 0.3) is 5.91 Å². The van der Waals surface area contributed by atoms with Crippen molar-refractivity contribution in [1.29, 1.82) is 0 Å². The van der Waals surface area contributed by atoms with Crippen LogP contribution in [0.4, 0.5) is 23.7 Å². The van der Waals surface area contributed by atoms with Gasteiger partial charge in [0.05, 0.1) is 12.3 Å². The second kappa shape index (κ2) is 8.96. The number of carbonyl (C=O) groups is 3. The summed E-state index contributed by atoms with van der Waals surface area (Å²) in [6, 6.07) is 6.46. The number of hydrogen-bond donors (Lipinski definition) is 1. The van der Waals surface area contributed by atoms with Gasteiger partial charge < -0.3 is 10.1 Å². The van der Waals surface area contributed by atoms with Crippen LogP contribution in [0.3, 0.4) is 0 Å². The Hall–Kier alpha value is -3.08. The summed E-state index contributed by atoms with van der Waals surface area (Å²) >= 11 is -0.284. The van der Waals surface area contributed by atoms with Gasteiger partial charge in [-0.15, -0.1) is 0 Å². The maximum absolute atomic E-state index is 12.9. The largest absolute Gasteiger partial charge is 0.461 e. The first-order valence-electron chi connectivity index (χ1n) is 9.24. The summed E-state index contributed by atoms with van der Waals surface area (Å²) in [5.41, 5.74) is -3.60. The fraction of sp³-hybridized carbons (Fsp3) is 0.300. The summed E-state index contributed by atoms with van der Waals surface area (Å²) in [4.78, 5) is 42.0. The van der Waals surface area contributed by atoms with Gasteiger partial charge in [-0.25, -0.2) is 19.5 Å². The minimum absolute atomic E-state index is 0.0588. The number of thioether (sulfide) groups is 1. The molecular formula is C20H18F3N3O4S.